The number of nitro groups is 1. The minimum absolute atomic E-state index is 0.00258. The summed E-state index contributed by atoms with van der Waals surface area (Å²) in [5.41, 5.74) is 1.90. The lowest BCUT2D eigenvalue weighted by Crippen LogP contribution is -2.06. The van der Waals surface area contributed by atoms with Crippen molar-refractivity contribution in [3.63, 3.8) is 0 Å². The van der Waals surface area contributed by atoms with Crippen LogP contribution in [0.25, 0.3) is 5.69 Å². The van der Waals surface area contributed by atoms with Crippen LogP contribution in [0.4, 0.5) is 5.69 Å². The van der Waals surface area contributed by atoms with E-state index in [1.54, 1.807) is 19.9 Å². The van der Waals surface area contributed by atoms with Crippen LogP contribution in [0.15, 0.2) is 18.2 Å². The molecule has 2 rings (SSSR count). The minimum atomic E-state index is -0.576. The molecule has 0 saturated heterocycles. The Morgan fingerprint density at radius 2 is 2.10 bits per heavy atom. The van der Waals surface area contributed by atoms with Gasteiger partial charge >= 0.3 is 5.97 Å². The predicted molar refractivity (Wildman–Crippen MR) is 68.8 cm³/mol. The summed E-state index contributed by atoms with van der Waals surface area (Å²) < 4.78 is 6.05. The zero-order chi connectivity index (χ0) is 14.9. The third kappa shape index (κ3) is 2.22. The number of hydrogen-bond acceptors (Lipinski definition) is 6. The van der Waals surface area contributed by atoms with Crippen LogP contribution in [-0.4, -0.2) is 33.0 Å². The summed E-state index contributed by atoms with van der Waals surface area (Å²) in [7, 11) is 1.26. The molecule has 0 saturated carbocycles. The summed E-state index contributed by atoms with van der Waals surface area (Å²) in [6.07, 6.45) is 0. The Hall–Kier alpha value is -2.77. The van der Waals surface area contributed by atoms with Gasteiger partial charge in [-0.25, -0.2) is 9.48 Å². The first kappa shape index (κ1) is 13.7. The van der Waals surface area contributed by atoms with Gasteiger partial charge in [-0.3, -0.25) is 10.1 Å². The molecule has 0 N–H and O–H groups in total. The van der Waals surface area contributed by atoms with Gasteiger partial charge in [0.15, 0.2) is 5.69 Å². The Kier molecular flexibility index (Phi) is 3.47. The maximum absolute atomic E-state index is 11.5. The van der Waals surface area contributed by atoms with Crippen LogP contribution in [0.1, 0.15) is 21.7 Å². The first-order chi connectivity index (χ1) is 9.45. The first-order valence-electron chi connectivity index (χ1n) is 5.71. The van der Waals surface area contributed by atoms with Crippen LogP contribution in [-0.2, 0) is 4.74 Å². The lowest BCUT2D eigenvalue weighted by Gasteiger charge is -2.06. The van der Waals surface area contributed by atoms with Gasteiger partial charge in [0.25, 0.3) is 5.69 Å². The molecular formula is C12H12N4O4. The molecule has 1 aromatic carbocycles. The fraction of sp³-hybridized carbons (Fsp3) is 0.250. The highest BCUT2D eigenvalue weighted by molar-refractivity contribution is 5.88. The lowest BCUT2D eigenvalue weighted by atomic mass is 10.1. The normalized spacial score (nSPS) is 10.3. The van der Waals surface area contributed by atoms with Gasteiger partial charge in [-0.15, -0.1) is 5.10 Å². The summed E-state index contributed by atoms with van der Waals surface area (Å²) in [6.45, 7) is 3.40. The van der Waals surface area contributed by atoms with Crippen molar-refractivity contribution in [2.45, 2.75) is 13.8 Å². The molecule has 0 amide bonds. The lowest BCUT2D eigenvalue weighted by molar-refractivity contribution is -0.384. The number of esters is 1. The monoisotopic (exact) mass is 276 g/mol. The van der Waals surface area contributed by atoms with Gasteiger partial charge in [0.05, 0.1) is 23.4 Å². The molecule has 0 aliphatic carbocycles. The Morgan fingerprint density at radius 3 is 2.65 bits per heavy atom. The standard InChI is InChI=1S/C12H12N4O4/c1-7-6-9(16(18)19)4-5-10(7)15-8(2)11(13-14-15)12(17)20-3/h4-6H,1-3H3. The summed E-state index contributed by atoms with van der Waals surface area (Å²) in [5.74, 6) is -0.576. The number of nitrogens with zero attached hydrogens (tertiary/aromatic N) is 4. The summed E-state index contributed by atoms with van der Waals surface area (Å²) in [5, 5.41) is 18.4. The molecule has 8 heteroatoms. The number of hydrogen-bond donors (Lipinski definition) is 0. The van der Waals surface area contributed by atoms with Crippen molar-refractivity contribution in [1.29, 1.82) is 0 Å². The smallest absolute Gasteiger partial charge is 0.360 e. The van der Waals surface area contributed by atoms with Crippen molar-refractivity contribution < 1.29 is 14.5 Å². The van der Waals surface area contributed by atoms with E-state index in [1.807, 2.05) is 0 Å². The van der Waals surface area contributed by atoms with E-state index < -0.39 is 10.9 Å². The zero-order valence-corrected chi connectivity index (χ0v) is 11.2. The van der Waals surface area contributed by atoms with E-state index in [0.717, 1.165) is 0 Å². The van der Waals surface area contributed by atoms with Crippen molar-refractivity contribution >= 4 is 11.7 Å². The van der Waals surface area contributed by atoms with Crippen LogP contribution in [0.2, 0.25) is 0 Å². The zero-order valence-electron chi connectivity index (χ0n) is 11.2. The number of methoxy groups -OCH3 is 1. The molecule has 0 atom stereocenters. The van der Waals surface area contributed by atoms with Gasteiger partial charge in [0.2, 0.25) is 0 Å². The highest BCUT2D eigenvalue weighted by atomic mass is 16.6. The maximum atomic E-state index is 11.5. The van der Waals surface area contributed by atoms with E-state index >= 15 is 0 Å². The molecule has 0 radical (unpaired) electrons. The highest BCUT2D eigenvalue weighted by Crippen LogP contribution is 2.21. The molecule has 0 unspecified atom stereocenters. The molecule has 104 valence electrons. The topological polar surface area (TPSA) is 100 Å². The SMILES string of the molecule is COC(=O)c1nnn(-c2ccc([N+](=O)[O-])cc2C)c1C. The van der Waals surface area contributed by atoms with Crippen molar-refractivity contribution in [2.75, 3.05) is 7.11 Å². The van der Waals surface area contributed by atoms with Gasteiger partial charge < -0.3 is 4.74 Å². The molecule has 0 bridgehead atoms. The molecule has 0 fully saturated rings. The van der Waals surface area contributed by atoms with Gasteiger partial charge in [-0.1, -0.05) is 5.21 Å². The summed E-state index contributed by atoms with van der Waals surface area (Å²) in [6, 6.07) is 4.38. The maximum Gasteiger partial charge on any atom is 0.360 e. The second-order valence-electron chi connectivity index (χ2n) is 4.15. The van der Waals surface area contributed by atoms with Crippen molar-refractivity contribution in [3.05, 3.63) is 45.3 Å². The second kappa shape index (κ2) is 5.08. The van der Waals surface area contributed by atoms with Crippen LogP contribution < -0.4 is 0 Å². The van der Waals surface area contributed by atoms with Crippen molar-refractivity contribution in [3.8, 4) is 5.69 Å². The van der Waals surface area contributed by atoms with E-state index in [0.29, 0.717) is 16.9 Å². The van der Waals surface area contributed by atoms with Crippen LogP contribution in [0.5, 0.6) is 0 Å². The number of carbonyl (C=O) groups excluding carboxylic acids is 1. The van der Waals surface area contributed by atoms with E-state index in [-0.39, 0.29) is 11.4 Å². The van der Waals surface area contributed by atoms with Gasteiger partial charge in [-0.05, 0) is 25.5 Å². The molecule has 20 heavy (non-hydrogen) atoms. The molecule has 0 aliphatic rings. The number of benzene rings is 1. The minimum Gasteiger partial charge on any atom is -0.464 e. The number of aromatic nitrogens is 3. The molecule has 0 spiro atoms. The second-order valence-corrected chi connectivity index (χ2v) is 4.15. The largest absolute Gasteiger partial charge is 0.464 e. The third-order valence-corrected chi connectivity index (χ3v) is 2.89. The molecule has 8 nitrogen and oxygen atoms in total. The predicted octanol–water partition coefficient (Wildman–Crippen LogP) is 1.58. The fourth-order valence-electron chi connectivity index (χ4n) is 1.83. The Bertz CT molecular complexity index is 693. The van der Waals surface area contributed by atoms with Crippen LogP contribution >= 0.6 is 0 Å². The highest BCUT2D eigenvalue weighted by Gasteiger charge is 2.19. The van der Waals surface area contributed by atoms with E-state index in [4.69, 9.17) is 0 Å². The van der Waals surface area contributed by atoms with Crippen LogP contribution in [0.3, 0.4) is 0 Å². The molecule has 2 aromatic rings. The number of ether oxygens (including phenoxy) is 1. The number of nitro benzene ring substituents is 1. The summed E-state index contributed by atoms with van der Waals surface area (Å²) >= 11 is 0. The summed E-state index contributed by atoms with van der Waals surface area (Å²) in [4.78, 5) is 21.7. The Labute approximate surface area is 114 Å². The number of rotatable bonds is 3. The van der Waals surface area contributed by atoms with E-state index in [2.05, 4.69) is 15.0 Å². The van der Waals surface area contributed by atoms with Crippen molar-refractivity contribution in [1.82, 2.24) is 15.0 Å². The van der Waals surface area contributed by atoms with Crippen molar-refractivity contribution in [2.24, 2.45) is 0 Å². The first-order valence-corrected chi connectivity index (χ1v) is 5.71. The van der Waals surface area contributed by atoms with Gasteiger partial charge in [-0.2, -0.15) is 0 Å². The number of non-ortho nitro benzene ring substituents is 1. The molecule has 0 aliphatic heterocycles. The molecule has 1 heterocycles. The Morgan fingerprint density at radius 1 is 1.40 bits per heavy atom. The fourth-order valence-corrected chi connectivity index (χ4v) is 1.83. The Balaban J connectivity index is 2.50. The molecule has 1 aromatic heterocycles. The van der Waals surface area contributed by atoms with E-state index in [1.165, 1.54) is 23.9 Å². The van der Waals surface area contributed by atoms with Gasteiger partial charge in [0, 0.05) is 12.1 Å². The van der Waals surface area contributed by atoms with Crippen LogP contribution in [0, 0.1) is 24.0 Å². The van der Waals surface area contributed by atoms with Gasteiger partial charge in [0.1, 0.15) is 0 Å². The number of aryl methyl sites for hydroxylation is 1. The number of carbonyl (C=O) groups is 1. The average Bonchev–Trinajstić information content (AvgIpc) is 2.79. The average molecular weight is 276 g/mol. The van der Waals surface area contributed by atoms with E-state index in [9.17, 15) is 14.9 Å². The quantitative estimate of drug-likeness (QED) is 0.479. The third-order valence-electron chi connectivity index (χ3n) is 2.89. The molecular weight excluding hydrogens is 264 g/mol.